The van der Waals surface area contributed by atoms with Gasteiger partial charge in [-0.15, -0.1) is 0 Å². The van der Waals surface area contributed by atoms with Gasteiger partial charge < -0.3 is 14.4 Å². The van der Waals surface area contributed by atoms with E-state index in [-0.39, 0.29) is 0 Å². The van der Waals surface area contributed by atoms with Crippen LogP contribution in [0.1, 0.15) is 34.8 Å². The molecule has 130 valence electrons. The molecule has 1 aliphatic rings. The monoisotopic (exact) mass is 339 g/mol. The van der Waals surface area contributed by atoms with Crippen molar-refractivity contribution in [1.82, 2.24) is 0 Å². The summed E-state index contributed by atoms with van der Waals surface area (Å²) >= 11 is 0. The predicted molar refractivity (Wildman–Crippen MR) is 95.5 cm³/mol. The number of nitrogens with zero attached hydrogens (tertiary/aromatic N) is 1. The molecule has 0 aliphatic carbocycles. The van der Waals surface area contributed by atoms with Gasteiger partial charge in [0.25, 0.3) is 11.7 Å². The van der Waals surface area contributed by atoms with Crippen molar-refractivity contribution >= 4 is 17.4 Å². The minimum Gasteiger partial charge on any atom is -0.493 e. The van der Waals surface area contributed by atoms with Crippen molar-refractivity contribution < 1.29 is 19.1 Å². The van der Waals surface area contributed by atoms with E-state index in [0.29, 0.717) is 35.9 Å². The Morgan fingerprint density at radius 1 is 1.04 bits per heavy atom. The lowest BCUT2D eigenvalue weighted by molar-refractivity contribution is -0.114. The first-order valence-electron chi connectivity index (χ1n) is 8.31. The number of carbonyl (C=O) groups is 2. The van der Waals surface area contributed by atoms with Crippen LogP contribution in [-0.4, -0.2) is 25.4 Å². The molecule has 2 aromatic rings. The van der Waals surface area contributed by atoms with Gasteiger partial charge in [-0.2, -0.15) is 0 Å². The number of anilines is 1. The molecule has 0 fully saturated rings. The van der Waals surface area contributed by atoms with Crippen LogP contribution in [0.5, 0.6) is 11.5 Å². The lowest BCUT2D eigenvalue weighted by Crippen LogP contribution is -2.29. The summed E-state index contributed by atoms with van der Waals surface area (Å²) in [5.74, 6) is 0.348. The van der Waals surface area contributed by atoms with Gasteiger partial charge in [0.2, 0.25) is 0 Å². The van der Waals surface area contributed by atoms with Crippen LogP contribution in [-0.2, 0) is 11.3 Å². The first-order valence-corrected chi connectivity index (χ1v) is 8.31. The van der Waals surface area contributed by atoms with Crippen LogP contribution in [0.15, 0.2) is 36.4 Å². The molecule has 0 bridgehead atoms. The molecule has 0 radical (unpaired) electrons. The summed E-state index contributed by atoms with van der Waals surface area (Å²) in [6.45, 7) is 4.86. The highest BCUT2D eigenvalue weighted by Gasteiger charge is 2.35. The zero-order valence-electron chi connectivity index (χ0n) is 14.7. The highest BCUT2D eigenvalue weighted by Crippen LogP contribution is 2.33. The molecule has 1 aliphatic heterocycles. The molecule has 1 amide bonds. The van der Waals surface area contributed by atoms with Gasteiger partial charge in [-0.05, 0) is 43.2 Å². The number of Topliss-reactive ketones (excluding diaryl/α,β-unsaturated/α-hetero) is 1. The zero-order valence-corrected chi connectivity index (χ0v) is 14.7. The third-order valence-electron chi connectivity index (χ3n) is 4.16. The van der Waals surface area contributed by atoms with Crippen LogP contribution in [0.2, 0.25) is 0 Å². The van der Waals surface area contributed by atoms with Crippen LogP contribution in [0.4, 0.5) is 5.69 Å². The second kappa shape index (κ2) is 6.97. The maximum absolute atomic E-state index is 12.4. The molecule has 25 heavy (non-hydrogen) atoms. The summed E-state index contributed by atoms with van der Waals surface area (Å²) in [5.41, 5.74) is 2.96. The Morgan fingerprint density at radius 2 is 1.84 bits per heavy atom. The van der Waals surface area contributed by atoms with Crippen LogP contribution < -0.4 is 14.4 Å². The Kier molecular flexibility index (Phi) is 4.74. The lowest BCUT2D eigenvalue weighted by Gasteiger charge is -2.18. The molecule has 0 atom stereocenters. The number of benzene rings is 2. The summed E-state index contributed by atoms with van der Waals surface area (Å²) in [7, 11) is 1.58. The van der Waals surface area contributed by atoms with E-state index in [1.165, 1.54) is 4.90 Å². The normalized spacial score (nSPS) is 13.2. The van der Waals surface area contributed by atoms with Gasteiger partial charge in [-0.25, -0.2) is 0 Å². The first-order chi connectivity index (χ1) is 12.0. The summed E-state index contributed by atoms with van der Waals surface area (Å²) in [6, 6.07) is 11.1. The lowest BCUT2D eigenvalue weighted by atomic mass is 10.1. The van der Waals surface area contributed by atoms with E-state index in [9.17, 15) is 9.59 Å². The number of hydrogen-bond donors (Lipinski definition) is 0. The predicted octanol–water partition coefficient (Wildman–Crippen LogP) is 3.52. The number of carbonyl (C=O) groups excluding carboxylic acids is 2. The standard InChI is InChI=1S/C20H21NO4/c1-4-9-25-17-8-6-14(11-18(17)24-3)12-21-16-7-5-13(2)10-15(16)19(22)20(21)23/h5-8,10-11H,4,9,12H2,1-3H3. The topological polar surface area (TPSA) is 55.8 Å². The first kappa shape index (κ1) is 17.0. The SMILES string of the molecule is CCCOc1ccc(CN2C(=O)C(=O)c3cc(C)ccc32)cc1OC. The van der Waals surface area contributed by atoms with Crippen molar-refractivity contribution in [2.24, 2.45) is 0 Å². The molecular formula is C20H21NO4. The Balaban J connectivity index is 1.88. The summed E-state index contributed by atoms with van der Waals surface area (Å²) < 4.78 is 11.0. The molecule has 0 aromatic heterocycles. The van der Waals surface area contributed by atoms with Crippen LogP contribution in [0.25, 0.3) is 0 Å². The van der Waals surface area contributed by atoms with E-state index >= 15 is 0 Å². The summed E-state index contributed by atoms with van der Waals surface area (Å²) in [6.07, 6.45) is 0.908. The fourth-order valence-electron chi connectivity index (χ4n) is 2.90. The largest absolute Gasteiger partial charge is 0.493 e. The number of ketones is 1. The van der Waals surface area contributed by atoms with Gasteiger partial charge in [0, 0.05) is 0 Å². The molecule has 0 unspecified atom stereocenters. The van der Waals surface area contributed by atoms with Gasteiger partial charge in [-0.3, -0.25) is 9.59 Å². The molecule has 0 saturated carbocycles. The molecule has 0 saturated heterocycles. The molecule has 5 nitrogen and oxygen atoms in total. The third-order valence-corrected chi connectivity index (χ3v) is 4.16. The van der Waals surface area contributed by atoms with E-state index in [1.807, 2.05) is 44.2 Å². The van der Waals surface area contributed by atoms with E-state index in [1.54, 1.807) is 13.2 Å². The minimum atomic E-state index is -0.495. The summed E-state index contributed by atoms with van der Waals surface area (Å²) in [4.78, 5) is 26.1. The molecule has 3 rings (SSSR count). The van der Waals surface area contributed by atoms with Crippen molar-refractivity contribution in [3.63, 3.8) is 0 Å². The van der Waals surface area contributed by atoms with Gasteiger partial charge in [-0.1, -0.05) is 24.6 Å². The van der Waals surface area contributed by atoms with Gasteiger partial charge in [0.05, 0.1) is 31.5 Å². The Morgan fingerprint density at radius 3 is 2.56 bits per heavy atom. The van der Waals surface area contributed by atoms with Crippen LogP contribution in [0.3, 0.4) is 0 Å². The fourth-order valence-corrected chi connectivity index (χ4v) is 2.90. The highest BCUT2D eigenvalue weighted by molar-refractivity contribution is 6.52. The molecule has 5 heteroatoms. The number of hydrogen-bond acceptors (Lipinski definition) is 4. The Hall–Kier alpha value is -2.82. The number of rotatable bonds is 6. The van der Waals surface area contributed by atoms with Crippen LogP contribution >= 0.6 is 0 Å². The number of amides is 1. The van der Waals surface area contributed by atoms with Crippen molar-refractivity contribution in [2.45, 2.75) is 26.8 Å². The molecule has 0 spiro atoms. The average molecular weight is 339 g/mol. The average Bonchev–Trinajstić information content (AvgIpc) is 2.85. The van der Waals surface area contributed by atoms with Crippen molar-refractivity contribution in [2.75, 3.05) is 18.6 Å². The van der Waals surface area contributed by atoms with Crippen molar-refractivity contribution in [3.05, 3.63) is 53.1 Å². The van der Waals surface area contributed by atoms with Gasteiger partial charge in [0.1, 0.15) is 0 Å². The van der Waals surface area contributed by atoms with Crippen molar-refractivity contribution in [1.29, 1.82) is 0 Å². The second-order valence-corrected chi connectivity index (χ2v) is 6.07. The zero-order chi connectivity index (χ0) is 18.0. The summed E-state index contributed by atoms with van der Waals surface area (Å²) in [5, 5.41) is 0. The molecular weight excluding hydrogens is 318 g/mol. The van der Waals surface area contributed by atoms with Gasteiger partial charge >= 0.3 is 0 Å². The Bertz CT molecular complexity index is 828. The van der Waals surface area contributed by atoms with Gasteiger partial charge in [0.15, 0.2) is 11.5 Å². The number of ether oxygens (including phenoxy) is 2. The quantitative estimate of drug-likeness (QED) is 0.756. The minimum absolute atomic E-state index is 0.311. The van der Waals surface area contributed by atoms with E-state index in [0.717, 1.165) is 17.5 Å². The maximum Gasteiger partial charge on any atom is 0.299 e. The third kappa shape index (κ3) is 3.22. The van der Waals surface area contributed by atoms with E-state index in [4.69, 9.17) is 9.47 Å². The number of aryl methyl sites for hydroxylation is 1. The van der Waals surface area contributed by atoms with Crippen LogP contribution in [0, 0.1) is 6.92 Å². The number of methoxy groups -OCH3 is 1. The molecule has 1 heterocycles. The number of fused-ring (bicyclic) bond motifs is 1. The van der Waals surface area contributed by atoms with E-state index < -0.39 is 11.7 Å². The van der Waals surface area contributed by atoms with E-state index in [2.05, 4.69) is 0 Å². The Labute approximate surface area is 147 Å². The molecule has 2 aromatic carbocycles. The van der Waals surface area contributed by atoms with Crippen molar-refractivity contribution in [3.8, 4) is 11.5 Å². The smallest absolute Gasteiger partial charge is 0.299 e. The maximum atomic E-state index is 12.4. The molecule has 0 N–H and O–H groups in total. The second-order valence-electron chi connectivity index (χ2n) is 6.07. The fraction of sp³-hybridized carbons (Fsp3) is 0.300. The highest BCUT2D eigenvalue weighted by atomic mass is 16.5.